The van der Waals surface area contributed by atoms with Gasteiger partial charge in [-0.3, -0.25) is 0 Å². The number of nitrogens with zero attached hydrogens (tertiary/aromatic N) is 1. The molecule has 3 N–H and O–H groups in total. The molecule has 0 saturated heterocycles. The van der Waals surface area contributed by atoms with Gasteiger partial charge in [-0.15, -0.1) is 0 Å². The number of aliphatic hydroxyl groups excluding tert-OH is 1. The van der Waals surface area contributed by atoms with Gasteiger partial charge in [-0.25, -0.2) is 9.78 Å². The van der Waals surface area contributed by atoms with E-state index in [2.05, 4.69) is 16.4 Å². The number of hydrogen-bond donors (Lipinski definition) is 3. The molecule has 3 aromatic rings. The maximum Gasteiger partial charge on any atom is 0.339 e. The number of ether oxygens (including phenoxy) is 2. The predicted octanol–water partition coefficient (Wildman–Crippen LogP) is 4.41. The average Bonchev–Trinajstić information content (AvgIpc) is 2.82. The van der Waals surface area contributed by atoms with Crippen LogP contribution in [0.2, 0.25) is 5.15 Å². The molecule has 0 spiro atoms. The molecule has 2 atom stereocenters. The van der Waals surface area contributed by atoms with Crippen LogP contribution >= 0.6 is 11.6 Å². The van der Waals surface area contributed by atoms with Gasteiger partial charge in [-0.1, -0.05) is 23.7 Å². The normalized spacial score (nSPS) is 16.0. The Balaban J connectivity index is 1.40. The van der Waals surface area contributed by atoms with E-state index in [4.69, 9.17) is 21.1 Å². The highest BCUT2D eigenvalue weighted by Gasteiger charge is 2.21. The Kier molecular flexibility index (Phi) is 7.13. The Morgan fingerprint density at radius 3 is 2.70 bits per heavy atom. The minimum absolute atomic E-state index is 0.0478. The summed E-state index contributed by atoms with van der Waals surface area (Å²) in [5.74, 6) is 0.278. The third-order valence-corrected chi connectivity index (χ3v) is 6.00. The van der Waals surface area contributed by atoms with E-state index >= 15 is 0 Å². The molecule has 1 aliphatic carbocycles. The molecule has 0 aliphatic heterocycles. The van der Waals surface area contributed by atoms with Gasteiger partial charge in [0.1, 0.15) is 28.0 Å². The standard InChI is InChI=1S/C25H25ClN2O5/c1-32-23-8-7-20(12-21(23)25(30)31)33-19-6-3-15-2-5-18(10-17(15)11-19)27-14-22(29)16-4-9-24(26)28-13-16/h3-4,6-9,11-13,18,22,27,29H,2,5,10,14H2,1H3,(H,30,31)/t18-,22-/m0/s1. The van der Waals surface area contributed by atoms with Crippen LogP contribution in [0.1, 0.15) is 39.6 Å². The van der Waals surface area contributed by atoms with E-state index in [1.807, 2.05) is 12.1 Å². The molecular weight excluding hydrogens is 444 g/mol. The molecule has 1 aliphatic rings. The van der Waals surface area contributed by atoms with Crippen LogP contribution in [0.4, 0.5) is 0 Å². The summed E-state index contributed by atoms with van der Waals surface area (Å²) < 4.78 is 11.0. The fourth-order valence-electron chi connectivity index (χ4n) is 4.01. The molecule has 33 heavy (non-hydrogen) atoms. The van der Waals surface area contributed by atoms with Crippen molar-refractivity contribution in [2.24, 2.45) is 0 Å². The van der Waals surface area contributed by atoms with Gasteiger partial charge in [0.25, 0.3) is 0 Å². The Hall–Kier alpha value is -3.13. The van der Waals surface area contributed by atoms with E-state index in [1.165, 1.54) is 24.3 Å². The van der Waals surface area contributed by atoms with E-state index in [1.54, 1.807) is 30.5 Å². The van der Waals surface area contributed by atoms with E-state index in [-0.39, 0.29) is 17.4 Å². The van der Waals surface area contributed by atoms with Crippen molar-refractivity contribution in [2.75, 3.05) is 13.7 Å². The summed E-state index contributed by atoms with van der Waals surface area (Å²) in [5.41, 5.74) is 3.21. The number of nitrogens with one attached hydrogen (secondary N) is 1. The zero-order chi connectivity index (χ0) is 23.4. The van der Waals surface area contributed by atoms with Gasteiger partial charge in [0.15, 0.2) is 0 Å². The number of hydrogen-bond acceptors (Lipinski definition) is 6. The number of benzene rings is 2. The zero-order valence-electron chi connectivity index (χ0n) is 18.1. The SMILES string of the molecule is COc1ccc(Oc2ccc3c(c2)C[C@@H](NC[C@H](O)c2ccc(Cl)nc2)CC3)cc1C(=O)O. The van der Waals surface area contributed by atoms with Crippen molar-refractivity contribution >= 4 is 17.6 Å². The van der Waals surface area contributed by atoms with Crippen LogP contribution in [0, 0.1) is 0 Å². The second-order valence-electron chi connectivity index (χ2n) is 7.98. The highest BCUT2D eigenvalue weighted by atomic mass is 35.5. The van der Waals surface area contributed by atoms with Crippen molar-refractivity contribution in [1.29, 1.82) is 0 Å². The zero-order valence-corrected chi connectivity index (χ0v) is 18.9. The number of aromatic nitrogens is 1. The Morgan fingerprint density at radius 1 is 1.18 bits per heavy atom. The van der Waals surface area contributed by atoms with Crippen molar-refractivity contribution in [1.82, 2.24) is 10.3 Å². The lowest BCUT2D eigenvalue weighted by molar-refractivity contribution is 0.0693. The number of fused-ring (bicyclic) bond motifs is 1. The number of aryl methyl sites for hydroxylation is 1. The number of pyridine rings is 1. The largest absolute Gasteiger partial charge is 0.496 e. The summed E-state index contributed by atoms with van der Waals surface area (Å²) >= 11 is 5.81. The van der Waals surface area contributed by atoms with Crippen LogP contribution in [-0.4, -0.2) is 40.9 Å². The lowest BCUT2D eigenvalue weighted by Crippen LogP contribution is -2.37. The molecule has 0 radical (unpaired) electrons. The number of rotatable bonds is 8. The lowest BCUT2D eigenvalue weighted by Gasteiger charge is -2.27. The van der Waals surface area contributed by atoms with Crippen molar-refractivity contribution in [3.8, 4) is 17.2 Å². The molecule has 0 saturated carbocycles. The van der Waals surface area contributed by atoms with Gasteiger partial charge in [-0.2, -0.15) is 0 Å². The lowest BCUT2D eigenvalue weighted by atomic mass is 9.88. The predicted molar refractivity (Wildman–Crippen MR) is 124 cm³/mol. The molecule has 7 nitrogen and oxygen atoms in total. The molecular formula is C25H25ClN2O5. The third kappa shape index (κ3) is 5.63. The topological polar surface area (TPSA) is 101 Å². The fraction of sp³-hybridized carbons (Fsp3) is 0.280. The molecule has 1 aromatic heterocycles. The summed E-state index contributed by atoms with van der Waals surface area (Å²) in [4.78, 5) is 15.5. The smallest absolute Gasteiger partial charge is 0.339 e. The van der Waals surface area contributed by atoms with Crippen LogP contribution in [0.15, 0.2) is 54.7 Å². The Labute approximate surface area is 197 Å². The number of halogens is 1. The summed E-state index contributed by atoms with van der Waals surface area (Å²) in [5, 5.41) is 23.7. The second kappa shape index (κ2) is 10.2. The van der Waals surface area contributed by atoms with Crippen LogP contribution in [-0.2, 0) is 12.8 Å². The van der Waals surface area contributed by atoms with Crippen LogP contribution < -0.4 is 14.8 Å². The van der Waals surface area contributed by atoms with Gasteiger partial charge in [-0.05, 0) is 66.8 Å². The van der Waals surface area contributed by atoms with Crippen LogP contribution in [0.5, 0.6) is 17.2 Å². The highest BCUT2D eigenvalue weighted by Crippen LogP contribution is 2.31. The summed E-state index contributed by atoms with van der Waals surface area (Å²) in [6, 6.07) is 14.3. The monoisotopic (exact) mass is 468 g/mol. The average molecular weight is 469 g/mol. The van der Waals surface area contributed by atoms with Gasteiger partial charge in [0, 0.05) is 24.3 Å². The Bertz CT molecular complexity index is 1140. The first kappa shape index (κ1) is 23.0. The first-order valence-corrected chi connectivity index (χ1v) is 11.0. The number of carbonyl (C=O) groups is 1. The fourth-order valence-corrected chi connectivity index (χ4v) is 4.12. The molecule has 0 fully saturated rings. The second-order valence-corrected chi connectivity index (χ2v) is 8.37. The number of aliphatic hydroxyl groups is 1. The number of aromatic carboxylic acids is 1. The highest BCUT2D eigenvalue weighted by molar-refractivity contribution is 6.29. The minimum Gasteiger partial charge on any atom is -0.496 e. The molecule has 0 unspecified atom stereocenters. The van der Waals surface area contributed by atoms with Crippen molar-refractivity contribution < 1.29 is 24.5 Å². The molecule has 8 heteroatoms. The van der Waals surface area contributed by atoms with E-state index in [9.17, 15) is 15.0 Å². The maximum absolute atomic E-state index is 11.5. The molecule has 0 bridgehead atoms. The first-order valence-electron chi connectivity index (χ1n) is 10.7. The molecule has 2 aromatic carbocycles. The molecule has 4 rings (SSSR count). The number of methoxy groups -OCH3 is 1. The Morgan fingerprint density at radius 2 is 1.97 bits per heavy atom. The minimum atomic E-state index is -1.08. The molecule has 172 valence electrons. The number of carboxylic acids is 1. The van der Waals surface area contributed by atoms with Gasteiger partial charge < -0.3 is 25.0 Å². The van der Waals surface area contributed by atoms with Crippen LogP contribution in [0.25, 0.3) is 0 Å². The molecule has 1 heterocycles. The summed E-state index contributed by atoms with van der Waals surface area (Å²) in [7, 11) is 1.43. The van der Waals surface area contributed by atoms with Gasteiger partial charge >= 0.3 is 5.97 Å². The van der Waals surface area contributed by atoms with Crippen molar-refractivity contribution in [3.05, 3.63) is 82.1 Å². The third-order valence-electron chi connectivity index (χ3n) is 5.78. The number of carboxylic acid groups (broad SMARTS) is 1. The van der Waals surface area contributed by atoms with Gasteiger partial charge in [0.05, 0.1) is 13.2 Å². The van der Waals surface area contributed by atoms with E-state index in [0.29, 0.717) is 23.2 Å². The maximum atomic E-state index is 11.5. The quantitative estimate of drug-likeness (QED) is 0.421. The molecule has 0 amide bonds. The summed E-state index contributed by atoms with van der Waals surface area (Å²) in [6.07, 6.45) is 3.63. The van der Waals surface area contributed by atoms with Crippen LogP contribution in [0.3, 0.4) is 0 Å². The van der Waals surface area contributed by atoms with Gasteiger partial charge in [0.2, 0.25) is 0 Å². The summed E-state index contributed by atoms with van der Waals surface area (Å²) in [6.45, 7) is 0.420. The van der Waals surface area contributed by atoms with E-state index in [0.717, 1.165) is 24.8 Å². The van der Waals surface area contributed by atoms with E-state index < -0.39 is 12.1 Å². The van der Waals surface area contributed by atoms with Crippen molar-refractivity contribution in [3.63, 3.8) is 0 Å². The first-order chi connectivity index (χ1) is 15.9. The van der Waals surface area contributed by atoms with Crippen molar-refractivity contribution in [2.45, 2.75) is 31.4 Å².